The number of benzene rings is 9. The van der Waals surface area contributed by atoms with Gasteiger partial charge in [0.15, 0.2) is 0 Å². The minimum atomic E-state index is 1.23. The number of fused-ring (bicyclic) bond motifs is 8. The fraction of sp³-hybridized carbons (Fsp3) is 0. The van der Waals surface area contributed by atoms with Crippen LogP contribution in [0.3, 0.4) is 0 Å². The summed E-state index contributed by atoms with van der Waals surface area (Å²) in [7, 11) is 0. The molecule has 0 aliphatic rings. The molecule has 1 aromatic heterocycles. The van der Waals surface area contributed by atoms with Crippen LogP contribution in [-0.2, 0) is 0 Å². The molecule has 0 aliphatic carbocycles. The molecule has 0 fully saturated rings. The summed E-state index contributed by atoms with van der Waals surface area (Å²) in [5.74, 6) is 0. The topological polar surface area (TPSA) is 0 Å². The van der Waals surface area contributed by atoms with Crippen LogP contribution in [0.15, 0.2) is 170 Å². The highest BCUT2D eigenvalue weighted by Crippen LogP contribution is 2.47. The zero-order valence-corrected chi connectivity index (χ0v) is 26.4. The highest BCUT2D eigenvalue weighted by molar-refractivity contribution is 7.26. The Balaban J connectivity index is 1.25. The van der Waals surface area contributed by atoms with Gasteiger partial charge in [0, 0.05) is 20.2 Å². The van der Waals surface area contributed by atoms with E-state index in [-0.39, 0.29) is 0 Å². The standard InChI is InChI=1S/C46H28S/c1-2-12-30-27-32(24-23-29(30)11-1)31-13-9-14-33(28-31)44-37-15-3-5-17-39(37)45(40-18-6-4-16-38(40)44)35-20-10-21-36-34(35)25-26-43-46(36)41-19-7-8-22-42(41)47-43/h1-28H. The first kappa shape index (κ1) is 26.5. The molecule has 47 heavy (non-hydrogen) atoms. The van der Waals surface area contributed by atoms with Crippen LogP contribution in [0, 0.1) is 0 Å². The van der Waals surface area contributed by atoms with Crippen molar-refractivity contribution in [2.75, 3.05) is 0 Å². The van der Waals surface area contributed by atoms with Crippen LogP contribution in [0.4, 0.5) is 0 Å². The second-order valence-corrected chi connectivity index (χ2v) is 13.5. The summed E-state index contributed by atoms with van der Waals surface area (Å²) in [6, 6.07) is 62.8. The molecule has 0 unspecified atom stereocenters. The minimum Gasteiger partial charge on any atom is -0.135 e. The molecule has 0 radical (unpaired) electrons. The molecule has 0 N–H and O–H groups in total. The minimum absolute atomic E-state index is 1.23. The van der Waals surface area contributed by atoms with Gasteiger partial charge < -0.3 is 0 Å². The molecule has 1 heteroatoms. The molecular formula is C46H28S. The van der Waals surface area contributed by atoms with Gasteiger partial charge in [-0.15, -0.1) is 11.3 Å². The molecule has 218 valence electrons. The summed E-state index contributed by atoms with van der Waals surface area (Å²) in [6.45, 7) is 0. The lowest BCUT2D eigenvalue weighted by Crippen LogP contribution is -1.92. The Morgan fingerprint density at radius 2 is 0.894 bits per heavy atom. The van der Waals surface area contributed by atoms with Crippen LogP contribution in [0.5, 0.6) is 0 Å². The Bertz CT molecular complexity index is 2800. The summed E-state index contributed by atoms with van der Waals surface area (Å²) < 4.78 is 2.68. The van der Waals surface area contributed by atoms with Gasteiger partial charge in [-0.1, -0.05) is 146 Å². The molecule has 0 aliphatic heterocycles. The average molecular weight is 613 g/mol. The molecule has 0 nitrogen and oxygen atoms in total. The Labute approximate surface area is 276 Å². The zero-order valence-electron chi connectivity index (χ0n) is 25.6. The van der Waals surface area contributed by atoms with Crippen LogP contribution in [0.2, 0.25) is 0 Å². The number of hydrogen-bond donors (Lipinski definition) is 0. The predicted molar refractivity (Wildman–Crippen MR) is 206 cm³/mol. The van der Waals surface area contributed by atoms with Gasteiger partial charge in [0.25, 0.3) is 0 Å². The SMILES string of the molecule is c1cc(-c2ccc3ccccc3c2)cc(-c2c3ccccc3c(-c3cccc4c3ccc3sc5ccccc5c34)c3ccccc23)c1. The van der Waals surface area contributed by atoms with E-state index < -0.39 is 0 Å². The highest BCUT2D eigenvalue weighted by Gasteiger charge is 2.19. The number of thiophene rings is 1. The van der Waals surface area contributed by atoms with Crippen LogP contribution in [0.25, 0.3) is 96.6 Å². The lowest BCUT2D eigenvalue weighted by atomic mass is 9.84. The number of rotatable bonds is 3. The molecule has 0 spiro atoms. The highest BCUT2D eigenvalue weighted by atomic mass is 32.1. The van der Waals surface area contributed by atoms with Crippen molar-refractivity contribution in [3.05, 3.63) is 170 Å². The van der Waals surface area contributed by atoms with E-state index in [2.05, 4.69) is 170 Å². The maximum absolute atomic E-state index is 2.37. The molecule has 9 aromatic carbocycles. The molecule has 0 amide bonds. The van der Waals surface area contributed by atoms with Crippen LogP contribution in [0.1, 0.15) is 0 Å². The molecule has 0 atom stereocenters. The van der Waals surface area contributed by atoms with E-state index in [9.17, 15) is 0 Å². The van der Waals surface area contributed by atoms with Gasteiger partial charge in [0.2, 0.25) is 0 Å². The fourth-order valence-electron chi connectivity index (χ4n) is 7.75. The largest absolute Gasteiger partial charge is 0.135 e. The Morgan fingerprint density at radius 3 is 1.68 bits per heavy atom. The first-order chi connectivity index (χ1) is 23.3. The van der Waals surface area contributed by atoms with Gasteiger partial charge in [-0.25, -0.2) is 0 Å². The number of hydrogen-bond acceptors (Lipinski definition) is 1. The maximum Gasteiger partial charge on any atom is 0.0361 e. The van der Waals surface area contributed by atoms with E-state index in [1.54, 1.807) is 0 Å². The van der Waals surface area contributed by atoms with E-state index in [0.717, 1.165) is 0 Å². The zero-order chi connectivity index (χ0) is 30.9. The van der Waals surface area contributed by atoms with Gasteiger partial charge in [-0.05, 0) is 101 Å². The van der Waals surface area contributed by atoms with Crippen molar-refractivity contribution in [1.82, 2.24) is 0 Å². The van der Waals surface area contributed by atoms with Gasteiger partial charge in [-0.3, -0.25) is 0 Å². The van der Waals surface area contributed by atoms with E-state index in [1.807, 2.05) is 11.3 Å². The lowest BCUT2D eigenvalue weighted by molar-refractivity contribution is 1.63. The Hall–Kier alpha value is -5.76. The lowest BCUT2D eigenvalue weighted by Gasteiger charge is -2.19. The molecule has 1 heterocycles. The van der Waals surface area contributed by atoms with E-state index in [4.69, 9.17) is 0 Å². The molecular weight excluding hydrogens is 585 g/mol. The second kappa shape index (κ2) is 10.4. The normalized spacial score (nSPS) is 11.8. The summed E-state index contributed by atoms with van der Waals surface area (Å²) in [4.78, 5) is 0. The van der Waals surface area contributed by atoms with Crippen molar-refractivity contribution in [1.29, 1.82) is 0 Å². The molecule has 10 rings (SSSR count). The first-order valence-corrected chi connectivity index (χ1v) is 17.0. The van der Waals surface area contributed by atoms with Crippen molar-refractivity contribution in [2.24, 2.45) is 0 Å². The molecule has 0 saturated carbocycles. The van der Waals surface area contributed by atoms with E-state index in [0.29, 0.717) is 0 Å². The predicted octanol–water partition coefficient (Wildman–Crippen LogP) is 13.7. The summed E-state index contributed by atoms with van der Waals surface area (Å²) in [5.41, 5.74) is 7.57. The fourth-order valence-corrected chi connectivity index (χ4v) is 8.87. The Kier molecular flexibility index (Phi) is 5.85. The molecule has 0 bridgehead atoms. The van der Waals surface area contributed by atoms with Gasteiger partial charge in [0.05, 0.1) is 0 Å². The molecule has 0 saturated heterocycles. The van der Waals surface area contributed by atoms with Crippen molar-refractivity contribution in [3.8, 4) is 33.4 Å². The average Bonchev–Trinajstić information content (AvgIpc) is 3.53. The van der Waals surface area contributed by atoms with Crippen LogP contribution >= 0.6 is 11.3 Å². The van der Waals surface area contributed by atoms with E-state index >= 15 is 0 Å². The third kappa shape index (κ3) is 4.07. The molecule has 10 aromatic rings. The van der Waals surface area contributed by atoms with Crippen molar-refractivity contribution in [3.63, 3.8) is 0 Å². The van der Waals surface area contributed by atoms with Gasteiger partial charge in [-0.2, -0.15) is 0 Å². The van der Waals surface area contributed by atoms with Crippen LogP contribution < -0.4 is 0 Å². The third-order valence-electron chi connectivity index (χ3n) is 9.83. The van der Waals surface area contributed by atoms with Crippen molar-refractivity contribution < 1.29 is 0 Å². The van der Waals surface area contributed by atoms with Gasteiger partial charge >= 0.3 is 0 Å². The summed E-state index contributed by atoms with van der Waals surface area (Å²) >= 11 is 1.88. The summed E-state index contributed by atoms with van der Waals surface area (Å²) in [5, 5.41) is 12.9. The smallest absolute Gasteiger partial charge is 0.0361 e. The third-order valence-corrected chi connectivity index (χ3v) is 11.0. The summed E-state index contributed by atoms with van der Waals surface area (Å²) in [6.07, 6.45) is 0. The van der Waals surface area contributed by atoms with E-state index in [1.165, 1.54) is 96.6 Å². The Morgan fingerprint density at radius 1 is 0.298 bits per heavy atom. The van der Waals surface area contributed by atoms with Crippen molar-refractivity contribution >= 4 is 74.6 Å². The van der Waals surface area contributed by atoms with Crippen molar-refractivity contribution in [2.45, 2.75) is 0 Å². The maximum atomic E-state index is 2.37. The monoisotopic (exact) mass is 612 g/mol. The van der Waals surface area contributed by atoms with Crippen LogP contribution in [-0.4, -0.2) is 0 Å². The first-order valence-electron chi connectivity index (χ1n) is 16.2. The second-order valence-electron chi connectivity index (χ2n) is 12.4. The van der Waals surface area contributed by atoms with Gasteiger partial charge in [0.1, 0.15) is 0 Å². The quantitative estimate of drug-likeness (QED) is 0.174.